The Morgan fingerprint density at radius 2 is 1.87 bits per heavy atom. The first kappa shape index (κ1) is 19.3. The van der Waals surface area contributed by atoms with E-state index in [2.05, 4.69) is 45.6 Å². The Bertz CT molecular complexity index is 1130. The van der Waals surface area contributed by atoms with Crippen LogP contribution in [0, 0.1) is 11.3 Å². The number of rotatable bonds is 7. The minimum atomic E-state index is -0.00674. The summed E-state index contributed by atoms with van der Waals surface area (Å²) in [5, 5.41) is 12.6. The summed E-state index contributed by atoms with van der Waals surface area (Å²) in [6.45, 7) is 0. The second-order valence-corrected chi connectivity index (χ2v) is 7.00. The lowest BCUT2D eigenvalue weighted by molar-refractivity contribution is 0.416. The van der Waals surface area contributed by atoms with E-state index in [0.717, 1.165) is 40.2 Å². The lowest BCUT2D eigenvalue weighted by Crippen LogP contribution is -2.14. The van der Waals surface area contributed by atoms with Crippen LogP contribution in [0.2, 0.25) is 0 Å². The van der Waals surface area contributed by atoms with E-state index >= 15 is 0 Å². The summed E-state index contributed by atoms with van der Waals surface area (Å²) in [6.07, 6.45) is 4.26. The Morgan fingerprint density at radius 3 is 2.53 bits per heavy atom. The van der Waals surface area contributed by atoms with Crippen molar-refractivity contribution in [2.75, 3.05) is 12.4 Å². The molecule has 0 saturated heterocycles. The molecule has 0 aliphatic heterocycles. The van der Waals surface area contributed by atoms with E-state index in [0.29, 0.717) is 5.56 Å². The summed E-state index contributed by atoms with van der Waals surface area (Å²) in [4.78, 5) is 7.39. The van der Waals surface area contributed by atoms with Crippen molar-refractivity contribution in [3.8, 4) is 22.9 Å². The molecular formula is C25H22N4O. The average Bonchev–Trinajstić information content (AvgIpc) is 3.34. The van der Waals surface area contributed by atoms with Gasteiger partial charge in [-0.05, 0) is 41.8 Å². The Balaban J connectivity index is 1.60. The van der Waals surface area contributed by atoms with Crippen molar-refractivity contribution >= 4 is 5.69 Å². The highest BCUT2D eigenvalue weighted by Crippen LogP contribution is 2.33. The molecule has 0 amide bonds. The Morgan fingerprint density at radius 1 is 1.07 bits per heavy atom. The van der Waals surface area contributed by atoms with Gasteiger partial charge in [-0.3, -0.25) is 0 Å². The SMILES string of the molecule is COc1cc(NC(Cc2ccc(C#N)cc2)c2cnc[nH]2)ccc1-c1ccccc1. The van der Waals surface area contributed by atoms with Crippen LogP contribution < -0.4 is 10.1 Å². The van der Waals surface area contributed by atoms with E-state index in [-0.39, 0.29) is 6.04 Å². The first-order valence-corrected chi connectivity index (χ1v) is 9.74. The van der Waals surface area contributed by atoms with Gasteiger partial charge in [0, 0.05) is 17.3 Å². The molecule has 0 spiro atoms. The number of aromatic nitrogens is 2. The van der Waals surface area contributed by atoms with Crippen LogP contribution in [0.4, 0.5) is 5.69 Å². The van der Waals surface area contributed by atoms with Crippen LogP contribution in [0.15, 0.2) is 85.3 Å². The predicted octanol–water partition coefficient (Wildman–Crippen LogP) is 5.35. The largest absolute Gasteiger partial charge is 0.496 e. The summed E-state index contributed by atoms with van der Waals surface area (Å²) < 4.78 is 5.67. The summed E-state index contributed by atoms with van der Waals surface area (Å²) in [6, 6.07) is 26.2. The molecule has 4 rings (SSSR count). The molecule has 1 aromatic heterocycles. The molecule has 0 aliphatic carbocycles. The number of nitrogens with zero attached hydrogens (tertiary/aromatic N) is 2. The van der Waals surface area contributed by atoms with Gasteiger partial charge in [-0.1, -0.05) is 42.5 Å². The van der Waals surface area contributed by atoms with Crippen LogP contribution in [-0.2, 0) is 6.42 Å². The highest BCUT2D eigenvalue weighted by molar-refractivity contribution is 5.73. The van der Waals surface area contributed by atoms with Crippen LogP contribution in [0.25, 0.3) is 11.1 Å². The first-order valence-electron chi connectivity index (χ1n) is 9.74. The van der Waals surface area contributed by atoms with E-state index in [9.17, 15) is 0 Å². The van der Waals surface area contributed by atoms with Crippen LogP contribution >= 0.6 is 0 Å². The maximum atomic E-state index is 9.02. The van der Waals surface area contributed by atoms with Gasteiger partial charge in [-0.25, -0.2) is 4.98 Å². The maximum Gasteiger partial charge on any atom is 0.128 e. The normalized spacial score (nSPS) is 11.5. The van der Waals surface area contributed by atoms with Crippen molar-refractivity contribution in [2.24, 2.45) is 0 Å². The molecule has 3 aromatic carbocycles. The molecule has 148 valence electrons. The number of aromatic amines is 1. The van der Waals surface area contributed by atoms with Gasteiger partial charge >= 0.3 is 0 Å². The van der Waals surface area contributed by atoms with Crippen molar-refractivity contribution in [1.82, 2.24) is 9.97 Å². The zero-order chi connectivity index (χ0) is 20.8. The van der Waals surface area contributed by atoms with Gasteiger partial charge in [-0.15, -0.1) is 0 Å². The van der Waals surface area contributed by atoms with E-state index in [4.69, 9.17) is 10.00 Å². The zero-order valence-electron chi connectivity index (χ0n) is 16.7. The number of hydrogen-bond acceptors (Lipinski definition) is 4. The standard InChI is InChI=1S/C25H22N4O/c1-30-25-14-21(11-12-22(25)20-5-3-2-4-6-20)29-23(24-16-27-17-28-24)13-18-7-9-19(15-26)10-8-18/h2-12,14,16-17,23,29H,13H2,1H3,(H,27,28). The second kappa shape index (κ2) is 8.97. The summed E-state index contributed by atoms with van der Waals surface area (Å²) in [7, 11) is 1.69. The van der Waals surface area contributed by atoms with Gasteiger partial charge in [-0.2, -0.15) is 5.26 Å². The fourth-order valence-electron chi connectivity index (χ4n) is 3.49. The third kappa shape index (κ3) is 4.34. The second-order valence-electron chi connectivity index (χ2n) is 7.00. The third-order valence-corrected chi connectivity index (χ3v) is 5.04. The zero-order valence-corrected chi connectivity index (χ0v) is 16.7. The molecule has 1 unspecified atom stereocenters. The molecule has 0 fully saturated rings. The maximum absolute atomic E-state index is 9.02. The smallest absolute Gasteiger partial charge is 0.128 e. The van der Waals surface area contributed by atoms with E-state index in [1.54, 1.807) is 13.4 Å². The van der Waals surface area contributed by atoms with Crippen molar-refractivity contribution in [3.63, 3.8) is 0 Å². The quantitative estimate of drug-likeness (QED) is 0.443. The number of benzene rings is 3. The molecule has 1 atom stereocenters. The monoisotopic (exact) mass is 394 g/mol. The molecule has 1 heterocycles. The van der Waals surface area contributed by atoms with Gasteiger partial charge in [0.25, 0.3) is 0 Å². The minimum absolute atomic E-state index is 0.00674. The predicted molar refractivity (Wildman–Crippen MR) is 118 cm³/mol. The molecule has 30 heavy (non-hydrogen) atoms. The van der Waals surface area contributed by atoms with Crippen LogP contribution in [0.1, 0.15) is 22.9 Å². The Hall–Kier alpha value is -4.04. The Labute approximate surface area is 176 Å². The molecule has 0 aliphatic rings. The molecule has 0 bridgehead atoms. The lowest BCUT2D eigenvalue weighted by Gasteiger charge is -2.20. The van der Waals surface area contributed by atoms with E-state index < -0.39 is 0 Å². The summed E-state index contributed by atoms with van der Waals surface area (Å²) in [5.74, 6) is 0.813. The summed E-state index contributed by atoms with van der Waals surface area (Å²) in [5.41, 5.74) is 5.91. The molecule has 4 aromatic rings. The fourth-order valence-corrected chi connectivity index (χ4v) is 3.49. The van der Waals surface area contributed by atoms with Crippen molar-refractivity contribution in [2.45, 2.75) is 12.5 Å². The number of hydrogen-bond donors (Lipinski definition) is 2. The minimum Gasteiger partial charge on any atom is -0.496 e. The van der Waals surface area contributed by atoms with Crippen molar-refractivity contribution in [1.29, 1.82) is 5.26 Å². The third-order valence-electron chi connectivity index (χ3n) is 5.04. The van der Waals surface area contributed by atoms with Crippen LogP contribution in [0.3, 0.4) is 0 Å². The molecule has 5 nitrogen and oxygen atoms in total. The van der Waals surface area contributed by atoms with Crippen LogP contribution in [0.5, 0.6) is 5.75 Å². The molecule has 2 N–H and O–H groups in total. The highest BCUT2D eigenvalue weighted by atomic mass is 16.5. The van der Waals surface area contributed by atoms with E-state index in [1.807, 2.05) is 54.7 Å². The average molecular weight is 394 g/mol. The first-order chi connectivity index (χ1) is 14.8. The van der Waals surface area contributed by atoms with Gasteiger partial charge in [0.2, 0.25) is 0 Å². The fraction of sp³-hybridized carbons (Fsp3) is 0.120. The molecular weight excluding hydrogens is 372 g/mol. The number of H-pyrrole nitrogens is 1. The number of imidazole rings is 1. The van der Waals surface area contributed by atoms with Crippen molar-refractivity contribution < 1.29 is 4.74 Å². The Kier molecular flexibility index (Phi) is 5.77. The topological polar surface area (TPSA) is 73.7 Å². The van der Waals surface area contributed by atoms with Gasteiger partial charge < -0.3 is 15.0 Å². The van der Waals surface area contributed by atoms with Crippen molar-refractivity contribution in [3.05, 3.63) is 102 Å². The van der Waals surface area contributed by atoms with Crippen LogP contribution in [-0.4, -0.2) is 17.1 Å². The van der Waals surface area contributed by atoms with Gasteiger partial charge in [0.15, 0.2) is 0 Å². The number of nitriles is 1. The number of anilines is 1. The number of ether oxygens (including phenoxy) is 1. The lowest BCUT2D eigenvalue weighted by atomic mass is 10.0. The molecule has 5 heteroatoms. The highest BCUT2D eigenvalue weighted by Gasteiger charge is 2.15. The molecule has 0 saturated carbocycles. The summed E-state index contributed by atoms with van der Waals surface area (Å²) >= 11 is 0. The number of nitrogens with one attached hydrogen (secondary N) is 2. The van der Waals surface area contributed by atoms with E-state index in [1.165, 1.54) is 0 Å². The molecule has 0 radical (unpaired) electrons. The van der Waals surface area contributed by atoms with Gasteiger partial charge in [0.05, 0.1) is 43.0 Å². The van der Waals surface area contributed by atoms with Gasteiger partial charge in [0.1, 0.15) is 5.75 Å². The number of methoxy groups -OCH3 is 1.